The Morgan fingerprint density at radius 2 is 1.06 bits per heavy atom. The number of benzene rings is 5. The van der Waals surface area contributed by atoms with Crippen LogP contribution in [0.2, 0.25) is 25.1 Å². The van der Waals surface area contributed by atoms with Crippen LogP contribution in [-0.2, 0) is 46.6 Å². The van der Waals surface area contributed by atoms with E-state index in [2.05, 4.69) is 31.1 Å². The zero-order chi connectivity index (χ0) is 69.2. The van der Waals surface area contributed by atoms with Crippen molar-refractivity contribution in [3.63, 3.8) is 0 Å². The van der Waals surface area contributed by atoms with Crippen LogP contribution in [0.15, 0.2) is 77.6 Å². The number of fused-ring (bicyclic) bond motifs is 1. The summed E-state index contributed by atoms with van der Waals surface area (Å²) >= 11 is 29.3. The third-order valence-corrected chi connectivity index (χ3v) is 15.3. The van der Waals surface area contributed by atoms with E-state index in [4.69, 9.17) is 58.0 Å². The van der Waals surface area contributed by atoms with Gasteiger partial charge in [0.25, 0.3) is 16.9 Å². The molecule has 6 aromatic rings. The summed E-state index contributed by atoms with van der Waals surface area (Å²) in [5.41, 5.74) is 2.86. The van der Waals surface area contributed by atoms with E-state index < -0.39 is 47.0 Å². The third-order valence-electron chi connectivity index (χ3n) is 13.0. The summed E-state index contributed by atoms with van der Waals surface area (Å²) in [6.45, 7) is 25.2. The predicted octanol–water partition coefficient (Wildman–Crippen LogP) is 20.8. The lowest BCUT2D eigenvalue weighted by Gasteiger charge is -2.10. The molecule has 0 N–H and O–H groups in total. The second-order valence-electron chi connectivity index (χ2n) is 19.7. The summed E-state index contributed by atoms with van der Waals surface area (Å²) in [7, 11) is 0. The van der Waals surface area contributed by atoms with Gasteiger partial charge in [-0.05, 0) is 101 Å². The lowest BCUT2D eigenvalue weighted by molar-refractivity contribution is -0.385. The molecule has 2 saturated heterocycles. The number of alkyl halides is 3. The first kappa shape index (κ1) is 92.9. The number of non-ortho nitro benzene ring substituents is 2. The average Bonchev–Trinajstić information content (AvgIpc) is 1.55. The average molecular weight is 1420 g/mol. The normalized spacial score (nSPS) is 11.7. The summed E-state index contributed by atoms with van der Waals surface area (Å²) in [6.07, 6.45) is 1.94. The number of rotatable bonds is 11. The molecule has 2 fully saturated rings. The van der Waals surface area contributed by atoms with Gasteiger partial charge in [-0.1, -0.05) is 184 Å². The summed E-state index contributed by atoms with van der Waals surface area (Å²) in [5, 5.41) is 30.3. The molecule has 93 heavy (non-hydrogen) atoms. The van der Waals surface area contributed by atoms with Crippen molar-refractivity contribution in [1.82, 2.24) is 24.8 Å². The van der Waals surface area contributed by atoms with Crippen LogP contribution in [0.4, 0.5) is 42.1 Å². The van der Waals surface area contributed by atoms with Crippen molar-refractivity contribution in [2.45, 2.75) is 189 Å². The number of nitro groups is 2. The maximum Gasteiger partial charge on any atom is 0.389 e. The molecule has 0 spiro atoms. The van der Waals surface area contributed by atoms with E-state index in [0.29, 0.717) is 59.2 Å². The van der Waals surface area contributed by atoms with Crippen molar-refractivity contribution in [3.05, 3.63) is 180 Å². The largest absolute Gasteiger partial charge is 0.389 e. The summed E-state index contributed by atoms with van der Waals surface area (Å²) in [4.78, 5) is 66.7. The van der Waals surface area contributed by atoms with Gasteiger partial charge in [-0.2, -0.15) is 13.2 Å². The quantitative estimate of drug-likeness (QED) is 0.0301. The van der Waals surface area contributed by atoms with E-state index in [9.17, 15) is 70.1 Å². The fourth-order valence-electron chi connectivity index (χ4n) is 7.35. The van der Waals surface area contributed by atoms with Gasteiger partial charge < -0.3 is 4.90 Å². The van der Waals surface area contributed by atoms with E-state index in [1.807, 2.05) is 57.7 Å². The summed E-state index contributed by atoms with van der Waals surface area (Å²) in [5.74, 6) is -4.32. The Bertz CT molecular complexity index is 3180. The van der Waals surface area contributed by atoms with Gasteiger partial charge >= 0.3 is 6.18 Å². The van der Waals surface area contributed by atoms with E-state index in [0.717, 1.165) is 68.3 Å². The Kier molecular flexibility index (Phi) is 48.2. The van der Waals surface area contributed by atoms with E-state index in [-0.39, 0.29) is 88.8 Å². The highest BCUT2D eigenvalue weighted by atomic mass is 35.5. The van der Waals surface area contributed by atoms with Crippen LogP contribution in [0.5, 0.6) is 0 Å². The number of hydrogen-bond acceptors (Lipinski definition) is 10. The highest BCUT2D eigenvalue weighted by molar-refractivity contribution is 6.55. The number of carbonyl (C=O) groups excluding carboxylic acids is 3. The number of likely N-dealkylation sites (tertiary alicyclic amines) is 2. The molecule has 522 valence electrons. The standard InChI is InChI=1S/C9H8F4.C9H9N3O.C8H5Cl5.2C8H9NO2.C6H9NO2.C6H11NO.C5H12.C4H7F3.3CH4/c1-3-5-6(10)4(2)7(11)9(13)8(5)12;1-2-12-9(13)7-5-3-4-6-8(7)10-11-12;1-2-3-4(9)6(11)8(13)7(12)5(3)10;1-2-7-3-5-8(6-4-7)9(10)11;1-2-7-4-3-5-8(6-7)9(10)11;1-2-7-5(8)3-4-6(7)9;1-2-7-5-3-4-6(7)8;1-4-5(2)3;1-2-3-4(5,6)7;;;/h3H2,1-2H3;3-6H,2H2,1H3;2H2,1H3;2*3-6H,2H2,1H3;2-4H2,1H3;2-5H2,1H3;5H,4H2,1-3H3;2-3H2,1H3;3*1H4. The number of amides is 3. The van der Waals surface area contributed by atoms with Gasteiger partial charge in [-0.15, -0.1) is 5.10 Å². The molecule has 0 unspecified atom stereocenters. The van der Waals surface area contributed by atoms with Crippen LogP contribution in [0.25, 0.3) is 10.9 Å². The molecule has 0 saturated carbocycles. The molecule has 1 aromatic heterocycles. The van der Waals surface area contributed by atoms with Gasteiger partial charge in [0.2, 0.25) is 17.7 Å². The minimum absolute atomic E-state index is 0. The van der Waals surface area contributed by atoms with Crippen LogP contribution >= 0.6 is 58.0 Å². The zero-order valence-corrected chi connectivity index (χ0v) is 56.3. The first-order valence-electron chi connectivity index (χ1n) is 29.0. The molecule has 15 nitrogen and oxygen atoms in total. The zero-order valence-electron chi connectivity index (χ0n) is 52.5. The van der Waals surface area contributed by atoms with Crippen molar-refractivity contribution in [2.24, 2.45) is 5.92 Å². The van der Waals surface area contributed by atoms with Crippen molar-refractivity contribution in [2.75, 3.05) is 19.6 Å². The predicted molar refractivity (Wildman–Crippen MR) is 365 cm³/mol. The molecule has 5 aromatic carbocycles. The number of aromatic nitrogens is 3. The topological polar surface area (TPSA) is 192 Å². The molecule has 0 atom stereocenters. The number of imide groups is 1. The molecule has 3 heterocycles. The van der Waals surface area contributed by atoms with Gasteiger partial charge in [0, 0.05) is 87.3 Å². The summed E-state index contributed by atoms with van der Waals surface area (Å²) < 4.78 is 85.8. The van der Waals surface area contributed by atoms with Gasteiger partial charge in [0.15, 0.2) is 17.5 Å². The first-order valence-corrected chi connectivity index (χ1v) is 30.9. The molecule has 0 radical (unpaired) electrons. The number of carbonyl (C=O) groups is 3. The highest BCUT2D eigenvalue weighted by Crippen LogP contribution is 2.44. The van der Waals surface area contributed by atoms with E-state index in [1.54, 1.807) is 43.3 Å². The SMILES string of the molecule is C.C.C.CCC(C)C.CCCC(F)(F)F.CCN1C(=O)CCC1=O.CCN1CCCC1=O.CCc1c(Cl)c(Cl)c(Cl)c(Cl)c1Cl.CCc1c(F)c(C)c(F)c(F)c1F.CCc1ccc([N+](=O)[O-])cc1.CCc1cccc([N+](=O)[O-])c1.CCn1nnc2ccccc2c1=O. The van der Waals surface area contributed by atoms with Crippen molar-refractivity contribution in [1.29, 1.82) is 0 Å². The van der Waals surface area contributed by atoms with Gasteiger partial charge in [0.05, 0.1) is 40.3 Å². The second-order valence-corrected chi connectivity index (χ2v) is 21.6. The highest BCUT2D eigenvalue weighted by Gasteiger charge is 2.27. The maximum absolute atomic E-state index is 13.1. The third kappa shape index (κ3) is 32.0. The molecule has 2 aliphatic rings. The second kappa shape index (κ2) is 48.3. The molecule has 0 aliphatic carbocycles. The molecule has 0 bridgehead atoms. The van der Waals surface area contributed by atoms with Crippen LogP contribution in [0.3, 0.4) is 0 Å². The molecular weight excluding hydrogens is 1330 g/mol. The van der Waals surface area contributed by atoms with Gasteiger partial charge in [0.1, 0.15) is 11.3 Å². The molecular formula is C66H91Cl5F7N7O8. The number of hydrogen-bond donors (Lipinski definition) is 0. The monoisotopic (exact) mass is 1420 g/mol. The van der Waals surface area contributed by atoms with Crippen LogP contribution in [0.1, 0.15) is 171 Å². The van der Waals surface area contributed by atoms with Crippen molar-refractivity contribution < 1.29 is 55.0 Å². The number of aryl methyl sites for hydroxylation is 3. The van der Waals surface area contributed by atoms with E-state index in [1.165, 1.54) is 48.0 Å². The molecule has 3 amide bonds. The van der Waals surface area contributed by atoms with Crippen LogP contribution in [0, 0.1) is 56.3 Å². The number of nitro benzene ring substituents is 2. The smallest absolute Gasteiger partial charge is 0.343 e. The lowest BCUT2D eigenvalue weighted by Crippen LogP contribution is -2.28. The minimum Gasteiger partial charge on any atom is -0.343 e. The minimum atomic E-state index is -3.95. The fraction of sp³-hybridized carbons (Fsp3) is 0.485. The van der Waals surface area contributed by atoms with Gasteiger partial charge in [-0.3, -0.25) is 44.3 Å². The van der Waals surface area contributed by atoms with Crippen LogP contribution in [-0.4, -0.2) is 78.2 Å². The number of halogens is 12. The lowest BCUT2D eigenvalue weighted by atomic mass is 10.1. The Balaban J connectivity index is -0.000000483. The fourth-order valence-corrected chi connectivity index (χ4v) is 8.80. The molecule has 8 rings (SSSR count). The molecule has 27 heteroatoms. The summed E-state index contributed by atoms with van der Waals surface area (Å²) in [6, 6.07) is 20.5. The Labute approximate surface area is 568 Å². The Hall–Kier alpha value is -6.46. The maximum atomic E-state index is 13.1. The number of nitrogens with zero attached hydrogens (tertiary/aromatic N) is 7. The van der Waals surface area contributed by atoms with E-state index >= 15 is 0 Å². The van der Waals surface area contributed by atoms with Crippen molar-refractivity contribution in [3.8, 4) is 0 Å². The van der Waals surface area contributed by atoms with Gasteiger partial charge in [-0.25, -0.2) is 22.2 Å². The Morgan fingerprint density at radius 1 is 0.570 bits per heavy atom. The van der Waals surface area contributed by atoms with Crippen molar-refractivity contribution >= 4 is 98.0 Å². The first-order chi connectivity index (χ1) is 42.2. The molecule has 2 aliphatic heterocycles. The van der Waals surface area contributed by atoms with Crippen LogP contribution < -0.4 is 5.56 Å². The Morgan fingerprint density at radius 3 is 1.43 bits per heavy atom.